The number of hydrogen-bond donors (Lipinski definition) is 2. The van der Waals surface area contributed by atoms with E-state index in [1.807, 2.05) is 19.1 Å². The lowest BCUT2D eigenvalue weighted by atomic mass is 10.1. The maximum absolute atomic E-state index is 5.42. The minimum Gasteiger partial charge on any atom is -0.493 e. The second-order valence-electron chi connectivity index (χ2n) is 7.14. The van der Waals surface area contributed by atoms with Gasteiger partial charge in [-0.25, -0.2) is 4.99 Å². The minimum absolute atomic E-state index is 0.480. The molecule has 2 aromatic carbocycles. The van der Waals surface area contributed by atoms with Crippen molar-refractivity contribution in [3.05, 3.63) is 53.1 Å². The molecule has 0 radical (unpaired) electrons. The average molecular weight is 415 g/mol. The molecule has 0 aliphatic rings. The van der Waals surface area contributed by atoms with Crippen LogP contribution in [0.15, 0.2) is 41.4 Å². The number of hydrogen-bond acceptors (Lipinski definition) is 5. The van der Waals surface area contributed by atoms with Crippen LogP contribution in [0, 0.1) is 0 Å². The zero-order chi connectivity index (χ0) is 21.9. The molecule has 0 aromatic heterocycles. The first-order valence-electron chi connectivity index (χ1n) is 10.0. The lowest BCUT2D eigenvalue weighted by Gasteiger charge is -2.15. The summed E-state index contributed by atoms with van der Waals surface area (Å²) in [5.41, 5.74) is 3.47. The van der Waals surface area contributed by atoms with E-state index < -0.39 is 0 Å². The number of methoxy groups -OCH3 is 3. The van der Waals surface area contributed by atoms with Gasteiger partial charge < -0.3 is 29.7 Å². The summed E-state index contributed by atoms with van der Waals surface area (Å²) in [6.07, 6.45) is 0. The average Bonchev–Trinajstić information content (AvgIpc) is 2.75. The van der Waals surface area contributed by atoms with E-state index >= 15 is 0 Å². The van der Waals surface area contributed by atoms with Crippen LogP contribution in [-0.2, 0) is 19.6 Å². The molecule has 2 N–H and O–H groups in total. The fraction of sp³-hybridized carbons (Fsp3) is 0.435. The number of rotatable bonds is 10. The van der Waals surface area contributed by atoms with Gasteiger partial charge >= 0.3 is 0 Å². The monoisotopic (exact) mass is 414 g/mol. The molecule has 0 amide bonds. The van der Waals surface area contributed by atoms with E-state index in [4.69, 9.17) is 19.2 Å². The summed E-state index contributed by atoms with van der Waals surface area (Å²) in [4.78, 5) is 6.86. The fourth-order valence-electron chi connectivity index (χ4n) is 3.05. The highest BCUT2D eigenvalue weighted by molar-refractivity contribution is 5.79. The smallest absolute Gasteiger partial charge is 0.203 e. The predicted octanol–water partition coefficient (Wildman–Crippen LogP) is 3.03. The molecule has 0 heterocycles. The second kappa shape index (κ2) is 11.9. The zero-order valence-electron chi connectivity index (χ0n) is 18.9. The highest BCUT2D eigenvalue weighted by Crippen LogP contribution is 2.38. The summed E-state index contributed by atoms with van der Waals surface area (Å²) >= 11 is 0. The summed E-state index contributed by atoms with van der Waals surface area (Å²) in [5.74, 6) is 2.58. The Labute approximate surface area is 180 Å². The Balaban J connectivity index is 2.07. The molecule has 0 bridgehead atoms. The van der Waals surface area contributed by atoms with Gasteiger partial charge in [0.15, 0.2) is 17.5 Å². The van der Waals surface area contributed by atoms with E-state index in [2.05, 4.69) is 53.9 Å². The molecule has 0 atom stereocenters. The number of nitrogens with one attached hydrogen (secondary N) is 2. The third kappa shape index (κ3) is 6.84. The Morgan fingerprint density at radius 2 is 1.47 bits per heavy atom. The van der Waals surface area contributed by atoms with Crippen LogP contribution in [0.3, 0.4) is 0 Å². The maximum Gasteiger partial charge on any atom is 0.203 e. The Bertz CT molecular complexity index is 795. The van der Waals surface area contributed by atoms with Gasteiger partial charge in [0.2, 0.25) is 5.75 Å². The van der Waals surface area contributed by atoms with Gasteiger partial charge in [0.05, 0.1) is 27.9 Å². The molecule has 0 unspecified atom stereocenters. The maximum atomic E-state index is 5.42. The molecular weight excluding hydrogens is 380 g/mol. The van der Waals surface area contributed by atoms with Crippen LogP contribution in [0.2, 0.25) is 0 Å². The molecule has 0 saturated heterocycles. The molecule has 0 fully saturated rings. The van der Waals surface area contributed by atoms with E-state index in [-0.39, 0.29) is 0 Å². The molecule has 7 nitrogen and oxygen atoms in total. The molecule has 0 spiro atoms. The molecule has 0 saturated carbocycles. The van der Waals surface area contributed by atoms with Crippen molar-refractivity contribution < 1.29 is 14.2 Å². The lowest BCUT2D eigenvalue weighted by molar-refractivity contribution is 0.324. The molecule has 2 rings (SSSR count). The largest absolute Gasteiger partial charge is 0.493 e. The van der Waals surface area contributed by atoms with E-state index in [0.717, 1.165) is 24.6 Å². The fourth-order valence-corrected chi connectivity index (χ4v) is 3.05. The van der Waals surface area contributed by atoms with E-state index in [0.29, 0.717) is 30.3 Å². The number of nitrogens with zero attached hydrogens (tertiary/aromatic N) is 2. The number of guanidine groups is 1. The quantitative estimate of drug-likeness (QED) is 0.460. The molecule has 7 heteroatoms. The second-order valence-corrected chi connectivity index (χ2v) is 7.14. The van der Waals surface area contributed by atoms with Crippen molar-refractivity contribution in [1.82, 2.24) is 15.5 Å². The topological polar surface area (TPSA) is 67.4 Å². The van der Waals surface area contributed by atoms with Gasteiger partial charge in [0.1, 0.15) is 0 Å². The molecule has 0 aliphatic carbocycles. The van der Waals surface area contributed by atoms with Crippen LogP contribution in [0.25, 0.3) is 0 Å². The van der Waals surface area contributed by atoms with Gasteiger partial charge in [0.25, 0.3) is 0 Å². The molecule has 2 aromatic rings. The first kappa shape index (κ1) is 23.3. The normalized spacial score (nSPS) is 11.4. The molecule has 30 heavy (non-hydrogen) atoms. The van der Waals surface area contributed by atoms with Gasteiger partial charge in [0, 0.05) is 19.6 Å². The predicted molar refractivity (Wildman–Crippen MR) is 122 cm³/mol. The van der Waals surface area contributed by atoms with E-state index in [1.165, 1.54) is 11.1 Å². The molecular formula is C23H34N4O3. The Kier molecular flexibility index (Phi) is 9.28. The van der Waals surface area contributed by atoms with Crippen molar-refractivity contribution in [1.29, 1.82) is 0 Å². The van der Waals surface area contributed by atoms with Crippen molar-refractivity contribution >= 4 is 5.96 Å². The summed E-state index contributed by atoms with van der Waals surface area (Å²) in [5, 5.41) is 6.67. The van der Waals surface area contributed by atoms with Crippen molar-refractivity contribution in [2.75, 3.05) is 42.0 Å². The number of ether oxygens (including phenoxy) is 3. The van der Waals surface area contributed by atoms with Crippen LogP contribution in [-0.4, -0.2) is 52.8 Å². The van der Waals surface area contributed by atoms with Crippen LogP contribution < -0.4 is 24.8 Å². The first-order chi connectivity index (χ1) is 14.5. The van der Waals surface area contributed by atoms with Crippen molar-refractivity contribution in [2.24, 2.45) is 4.99 Å². The minimum atomic E-state index is 0.480. The van der Waals surface area contributed by atoms with E-state index in [1.54, 1.807) is 21.3 Å². The van der Waals surface area contributed by atoms with Gasteiger partial charge in [-0.2, -0.15) is 0 Å². The van der Waals surface area contributed by atoms with Crippen LogP contribution >= 0.6 is 0 Å². The van der Waals surface area contributed by atoms with Gasteiger partial charge in [-0.15, -0.1) is 0 Å². The van der Waals surface area contributed by atoms with Crippen LogP contribution in [0.5, 0.6) is 17.2 Å². The van der Waals surface area contributed by atoms with Crippen molar-refractivity contribution in [3.63, 3.8) is 0 Å². The van der Waals surface area contributed by atoms with Gasteiger partial charge in [-0.05, 0) is 49.8 Å². The van der Waals surface area contributed by atoms with Crippen molar-refractivity contribution in [3.8, 4) is 17.2 Å². The Morgan fingerprint density at radius 1 is 0.867 bits per heavy atom. The number of aliphatic imine (C=N–C) groups is 1. The van der Waals surface area contributed by atoms with Gasteiger partial charge in [-0.1, -0.05) is 24.3 Å². The van der Waals surface area contributed by atoms with Crippen LogP contribution in [0.1, 0.15) is 23.6 Å². The Morgan fingerprint density at radius 3 is 1.97 bits per heavy atom. The lowest BCUT2D eigenvalue weighted by Crippen LogP contribution is -2.36. The summed E-state index contributed by atoms with van der Waals surface area (Å²) in [6, 6.07) is 12.5. The standard InChI is InChI=1S/C23H34N4O3/c1-7-24-23(25-14-17-8-10-18(11-9-17)16-27(2)3)26-15-19-12-20(28-4)22(30-6)21(13-19)29-5/h8-13H,7,14-16H2,1-6H3,(H2,24,25,26). The summed E-state index contributed by atoms with van der Waals surface area (Å²) < 4.78 is 16.2. The third-order valence-electron chi connectivity index (χ3n) is 4.47. The molecule has 164 valence electrons. The summed E-state index contributed by atoms with van der Waals surface area (Å²) in [6.45, 7) is 4.94. The molecule has 0 aliphatic heterocycles. The highest BCUT2D eigenvalue weighted by Gasteiger charge is 2.13. The van der Waals surface area contributed by atoms with Crippen LogP contribution in [0.4, 0.5) is 0 Å². The van der Waals surface area contributed by atoms with Gasteiger partial charge in [-0.3, -0.25) is 0 Å². The SMILES string of the molecule is CCNC(=NCc1cc(OC)c(OC)c(OC)c1)NCc1ccc(CN(C)C)cc1. The Hall–Kier alpha value is -2.93. The van der Waals surface area contributed by atoms with E-state index in [9.17, 15) is 0 Å². The first-order valence-corrected chi connectivity index (χ1v) is 10.0. The zero-order valence-corrected chi connectivity index (χ0v) is 18.9. The highest BCUT2D eigenvalue weighted by atomic mass is 16.5. The summed E-state index contributed by atoms with van der Waals surface area (Å²) in [7, 11) is 8.96. The van der Waals surface area contributed by atoms with Crippen molar-refractivity contribution in [2.45, 2.75) is 26.6 Å². The third-order valence-corrected chi connectivity index (χ3v) is 4.47. The number of benzene rings is 2.